The topological polar surface area (TPSA) is 58.6 Å². The number of nitrogens with zero attached hydrogens (tertiary/aromatic N) is 1. The van der Waals surface area contributed by atoms with Crippen LogP contribution in [-0.4, -0.2) is 35.4 Å². The summed E-state index contributed by atoms with van der Waals surface area (Å²) < 4.78 is 5.78. The van der Waals surface area contributed by atoms with Gasteiger partial charge in [-0.2, -0.15) is 0 Å². The maximum Gasteiger partial charge on any atom is 0.261 e. The van der Waals surface area contributed by atoms with Gasteiger partial charge in [-0.25, -0.2) is 0 Å². The van der Waals surface area contributed by atoms with Gasteiger partial charge in [-0.15, -0.1) is 0 Å². The number of aryl methyl sites for hydroxylation is 2. The van der Waals surface area contributed by atoms with Gasteiger partial charge in [0.05, 0.1) is 0 Å². The molecule has 0 bridgehead atoms. The highest BCUT2D eigenvalue weighted by Crippen LogP contribution is 2.26. The van der Waals surface area contributed by atoms with Crippen LogP contribution in [0.15, 0.2) is 42.5 Å². The Kier molecular flexibility index (Phi) is 7.97. The summed E-state index contributed by atoms with van der Waals surface area (Å²) in [5.41, 5.74) is 2.76. The lowest BCUT2D eigenvalue weighted by molar-refractivity contribution is -0.142. The van der Waals surface area contributed by atoms with Crippen molar-refractivity contribution in [1.29, 1.82) is 0 Å². The maximum absolute atomic E-state index is 13.1. The fourth-order valence-electron chi connectivity index (χ4n) is 3.97. The number of carbonyl (C=O) groups excluding carboxylic acids is 2. The molecule has 5 nitrogen and oxygen atoms in total. The molecule has 0 saturated heterocycles. The van der Waals surface area contributed by atoms with Crippen LogP contribution in [0.25, 0.3) is 0 Å². The number of amides is 2. The first-order chi connectivity index (χ1) is 14.8. The van der Waals surface area contributed by atoms with Gasteiger partial charge < -0.3 is 15.0 Å². The van der Waals surface area contributed by atoms with Crippen LogP contribution in [0.5, 0.6) is 5.75 Å². The van der Waals surface area contributed by atoms with E-state index in [0.717, 1.165) is 42.4 Å². The third-order valence-electron chi connectivity index (χ3n) is 5.84. The van der Waals surface area contributed by atoms with Crippen LogP contribution in [-0.2, 0) is 16.1 Å². The maximum atomic E-state index is 13.1. The Morgan fingerprint density at radius 2 is 1.74 bits per heavy atom. The van der Waals surface area contributed by atoms with Gasteiger partial charge in [-0.1, -0.05) is 54.8 Å². The van der Waals surface area contributed by atoms with E-state index < -0.39 is 6.04 Å². The third-order valence-corrected chi connectivity index (χ3v) is 6.43. The molecule has 2 aromatic carbocycles. The normalized spacial score (nSPS) is 14.8. The largest absolute Gasteiger partial charge is 0.484 e. The van der Waals surface area contributed by atoms with E-state index in [9.17, 15) is 9.59 Å². The Bertz CT molecular complexity index is 887. The summed E-state index contributed by atoms with van der Waals surface area (Å²) in [7, 11) is 0. The molecule has 1 aliphatic carbocycles. The summed E-state index contributed by atoms with van der Waals surface area (Å²) in [4.78, 5) is 27.6. The molecule has 3 rings (SSSR count). The first kappa shape index (κ1) is 23.1. The second-order valence-corrected chi connectivity index (χ2v) is 8.71. The van der Waals surface area contributed by atoms with Crippen molar-refractivity contribution in [2.75, 3.05) is 6.61 Å². The minimum absolute atomic E-state index is 0.116. The molecule has 6 heteroatoms. The number of benzene rings is 2. The van der Waals surface area contributed by atoms with Crippen molar-refractivity contribution in [3.8, 4) is 5.75 Å². The Labute approximate surface area is 189 Å². The number of rotatable bonds is 8. The molecule has 166 valence electrons. The summed E-state index contributed by atoms with van der Waals surface area (Å²) in [6, 6.07) is 12.9. The van der Waals surface area contributed by atoms with Crippen molar-refractivity contribution in [3.63, 3.8) is 0 Å². The van der Waals surface area contributed by atoms with Crippen LogP contribution in [0.1, 0.15) is 49.3 Å². The summed E-state index contributed by atoms with van der Waals surface area (Å²) in [5, 5.41) is 3.80. The van der Waals surface area contributed by atoms with Crippen molar-refractivity contribution >= 4 is 23.4 Å². The van der Waals surface area contributed by atoms with Crippen LogP contribution in [0.2, 0.25) is 5.02 Å². The van der Waals surface area contributed by atoms with Gasteiger partial charge in [-0.3, -0.25) is 9.59 Å². The molecule has 31 heavy (non-hydrogen) atoms. The van der Waals surface area contributed by atoms with Gasteiger partial charge in [0.15, 0.2) is 6.61 Å². The quantitative estimate of drug-likeness (QED) is 0.638. The van der Waals surface area contributed by atoms with E-state index in [1.54, 1.807) is 11.8 Å². The number of hydrogen-bond acceptors (Lipinski definition) is 3. The fraction of sp³-hybridized carbons (Fsp3) is 0.440. The Morgan fingerprint density at radius 3 is 2.35 bits per heavy atom. The molecule has 1 unspecified atom stereocenters. The highest BCUT2D eigenvalue weighted by molar-refractivity contribution is 6.32. The molecule has 2 amide bonds. The molecule has 0 spiro atoms. The van der Waals surface area contributed by atoms with Crippen molar-refractivity contribution in [2.24, 2.45) is 0 Å². The number of halogens is 1. The Morgan fingerprint density at radius 1 is 1.13 bits per heavy atom. The minimum atomic E-state index is -0.592. The van der Waals surface area contributed by atoms with Crippen molar-refractivity contribution in [3.05, 3.63) is 64.2 Å². The number of hydrogen-bond donors (Lipinski definition) is 1. The van der Waals surface area contributed by atoms with E-state index >= 15 is 0 Å². The van der Waals surface area contributed by atoms with Gasteiger partial charge >= 0.3 is 0 Å². The predicted molar refractivity (Wildman–Crippen MR) is 123 cm³/mol. The summed E-state index contributed by atoms with van der Waals surface area (Å²) in [6.45, 7) is 5.79. The molecule has 0 heterocycles. The molecule has 1 fully saturated rings. The zero-order chi connectivity index (χ0) is 22.4. The second-order valence-electron chi connectivity index (χ2n) is 8.33. The Balaban J connectivity index is 1.71. The minimum Gasteiger partial charge on any atom is -0.484 e. The van der Waals surface area contributed by atoms with E-state index in [2.05, 4.69) is 5.32 Å². The molecular formula is C25H31ClN2O3. The van der Waals surface area contributed by atoms with Gasteiger partial charge in [0.2, 0.25) is 5.91 Å². The van der Waals surface area contributed by atoms with E-state index in [0.29, 0.717) is 17.3 Å². The summed E-state index contributed by atoms with van der Waals surface area (Å²) in [5.74, 6) is 0.244. The zero-order valence-corrected chi connectivity index (χ0v) is 19.2. The monoisotopic (exact) mass is 442 g/mol. The average Bonchev–Trinajstić information content (AvgIpc) is 3.27. The van der Waals surface area contributed by atoms with E-state index in [-0.39, 0.29) is 24.5 Å². The van der Waals surface area contributed by atoms with Crippen LogP contribution in [0, 0.1) is 13.8 Å². The molecule has 1 aliphatic rings. The number of nitrogens with one attached hydrogen (secondary N) is 1. The van der Waals surface area contributed by atoms with Crippen LogP contribution in [0.4, 0.5) is 0 Å². The molecule has 2 aromatic rings. The highest BCUT2D eigenvalue weighted by atomic mass is 35.5. The van der Waals surface area contributed by atoms with Crippen LogP contribution in [0.3, 0.4) is 0 Å². The first-order valence-electron chi connectivity index (χ1n) is 10.9. The molecule has 1 N–H and O–H groups in total. The van der Waals surface area contributed by atoms with E-state index in [1.165, 1.54) is 0 Å². The highest BCUT2D eigenvalue weighted by Gasteiger charge is 2.28. The third kappa shape index (κ3) is 6.23. The average molecular weight is 443 g/mol. The lowest BCUT2D eigenvalue weighted by Crippen LogP contribution is -2.50. The van der Waals surface area contributed by atoms with E-state index in [4.69, 9.17) is 16.3 Å². The molecule has 1 atom stereocenters. The summed E-state index contributed by atoms with van der Waals surface area (Å²) >= 11 is 6.22. The molecular weight excluding hydrogens is 412 g/mol. The van der Waals surface area contributed by atoms with Crippen molar-refractivity contribution < 1.29 is 14.3 Å². The lowest BCUT2D eigenvalue weighted by atomic mass is 10.1. The number of ether oxygens (including phenoxy) is 1. The molecule has 0 aromatic heterocycles. The van der Waals surface area contributed by atoms with Crippen molar-refractivity contribution in [2.45, 2.75) is 65.1 Å². The van der Waals surface area contributed by atoms with Gasteiger partial charge in [0.1, 0.15) is 11.8 Å². The van der Waals surface area contributed by atoms with Crippen LogP contribution < -0.4 is 10.1 Å². The van der Waals surface area contributed by atoms with Crippen LogP contribution >= 0.6 is 11.6 Å². The molecule has 0 aliphatic heterocycles. The van der Waals surface area contributed by atoms with Crippen molar-refractivity contribution in [1.82, 2.24) is 10.2 Å². The van der Waals surface area contributed by atoms with Gasteiger partial charge in [-0.05, 0) is 62.4 Å². The van der Waals surface area contributed by atoms with E-state index in [1.807, 2.05) is 56.3 Å². The fourth-order valence-corrected chi connectivity index (χ4v) is 4.08. The van der Waals surface area contributed by atoms with Gasteiger partial charge in [0, 0.05) is 17.6 Å². The lowest BCUT2D eigenvalue weighted by Gasteiger charge is -2.29. The molecule has 0 radical (unpaired) electrons. The SMILES string of the molecule is Cc1cc(OCC(=O)N(Cc2ccccc2)C(C)C(=O)NC2CCCC2)cc(C)c1Cl. The standard InChI is InChI=1S/C25H31ClN2O3/c1-17-13-22(14-18(2)24(17)26)31-16-23(29)28(15-20-9-5-4-6-10-20)19(3)25(30)27-21-11-7-8-12-21/h4-6,9-10,13-14,19,21H,7-8,11-12,15-16H2,1-3H3,(H,27,30). The first-order valence-corrected chi connectivity index (χ1v) is 11.3. The smallest absolute Gasteiger partial charge is 0.261 e. The van der Waals surface area contributed by atoms with Gasteiger partial charge in [0.25, 0.3) is 5.91 Å². The Hall–Kier alpha value is -2.53. The predicted octanol–water partition coefficient (Wildman–Crippen LogP) is 4.81. The number of carbonyl (C=O) groups is 2. The molecule has 1 saturated carbocycles. The summed E-state index contributed by atoms with van der Waals surface area (Å²) in [6.07, 6.45) is 4.28. The zero-order valence-electron chi connectivity index (χ0n) is 18.5. The second kappa shape index (κ2) is 10.7.